The van der Waals surface area contributed by atoms with Gasteiger partial charge in [-0.05, 0) is 19.1 Å². The van der Waals surface area contributed by atoms with Crippen molar-refractivity contribution in [1.29, 1.82) is 0 Å². The molecule has 6 nitrogen and oxygen atoms in total. The van der Waals surface area contributed by atoms with E-state index in [1.807, 2.05) is 19.1 Å². The fourth-order valence-electron chi connectivity index (χ4n) is 1.30. The van der Waals surface area contributed by atoms with Gasteiger partial charge in [-0.25, -0.2) is 0 Å². The molecule has 0 spiro atoms. The Morgan fingerprint density at radius 1 is 1.35 bits per heavy atom. The molecular weight excluding hydrogens is 222 g/mol. The number of pyridine rings is 1. The summed E-state index contributed by atoms with van der Waals surface area (Å²) < 4.78 is 15.4. The van der Waals surface area contributed by atoms with E-state index in [0.717, 1.165) is 5.69 Å². The first-order valence-electron chi connectivity index (χ1n) is 5.14. The number of aromatic nitrogens is 3. The summed E-state index contributed by atoms with van der Waals surface area (Å²) in [6.45, 7) is 2.43. The van der Waals surface area contributed by atoms with Gasteiger partial charge in [0.25, 0.3) is 5.89 Å². The monoisotopic (exact) mass is 235 g/mol. The lowest BCUT2D eigenvalue weighted by atomic mass is 10.3. The highest BCUT2D eigenvalue weighted by Gasteiger charge is 2.07. The Hall–Kier alpha value is -1.95. The molecule has 2 heterocycles. The van der Waals surface area contributed by atoms with Crippen LogP contribution in [0.5, 0.6) is 5.75 Å². The normalized spacial score (nSPS) is 10.5. The molecule has 6 heteroatoms. The molecule has 0 aromatic carbocycles. The van der Waals surface area contributed by atoms with Crippen LogP contribution in [-0.4, -0.2) is 22.2 Å². The van der Waals surface area contributed by atoms with Crippen molar-refractivity contribution in [2.24, 2.45) is 0 Å². The Morgan fingerprint density at radius 3 is 3.00 bits per heavy atom. The maximum atomic E-state index is 5.51. The van der Waals surface area contributed by atoms with E-state index >= 15 is 0 Å². The van der Waals surface area contributed by atoms with E-state index in [9.17, 15) is 0 Å². The predicted molar refractivity (Wildman–Crippen MR) is 58.3 cm³/mol. The van der Waals surface area contributed by atoms with Crippen LogP contribution in [0.3, 0.4) is 0 Å². The van der Waals surface area contributed by atoms with Crippen LogP contribution in [0.4, 0.5) is 0 Å². The fraction of sp³-hybridized carbons (Fsp3) is 0.364. The van der Waals surface area contributed by atoms with Crippen LogP contribution < -0.4 is 4.74 Å². The Bertz CT molecular complexity index is 484. The van der Waals surface area contributed by atoms with E-state index in [1.54, 1.807) is 13.3 Å². The third-order valence-electron chi connectivity index (χ3n) is 2.09. The Balaban J connectivity index is 1.95. The molecule has 2 rings (SSSR count). The summed E-state index contributed by atoms with van der Waals surface area (Å²) >= 11 is 0. The maximum Gasteiger partial charge on any atom is 0.264 e. The second-order valence-electron chi connectivity index (χ2n) is 3.41. The molecule has 2 aromatic rings. The number of nitrogens with zero attached hydrogens (tertiary/aromatic N) is 3. The fourth-order valence-corrected chi connectivity index (χ4v) is 1.30. The topological polar surface area (TPSA) is 70.3 Å². The molecule has 2 aromatic heterocycles. The summed E-state index contributed by atoms with van der Waals surface area (Å²) in [5.74, 6) is 1.63. The van der Waals surface area contributed by atoms with Crippen molar-refractivity contribution in [3.63, 3.8) is 0 Å². The second-order valence-corrected chi connectivity index (χ2v) is 3.41. The van der Waals surface area contributed by atoms with Crippen molar-refractivity contribution in [3.05, 3.63) is 35.7 Å². The highest BCUT2D eigenvalue weighted by Crippen LogP contribution is 2.15. The molecule has 0 atom stereocenters. The van der Waals surface area contributed by atoms with Gasteiger partial charge >= 0.3 is 0 Å². The molecule has 0 aliphatic rings. The van der Waals surface area contributed by atoms with Gasteiger partial charge in [-0.1, -0.05) is 5.16 Å². The molecular formula is C11H13N3O3. The van der Waals surface area contributed by atoms with E-state index in [1.165, 1.54) is 0 Å². The van der Waals surface area contributed by atoms with Gasteiger partial charge in [0.1, 0.15) is 12.4 Å². The molecule has 90 valence electrons. The molecule has 0 aliphatic heterocycles. The van der Waals surface area contributed by atoms with E-state index in [0.29, 0.717) is 24.1 Å². The van der Waals surface area contributed by atoms with Gasteiger partial charge < -0.3 is 14.0 Å². The van der Waals surface area contributed by atoms with Crippen molar-refractivity contribution in [1.82, 2.24) is 15.1 Å². The minimum atomic E-state index is 0.225. The predicted octanol–water partition coefficient (Wildman–Crippen LogP) is 1.50. The van der Waals surface area contributed by atoms with Crippen molar-refractivity contribution < 1.29 is 14.0 Å². The van der Waals surface area contributed by atoms with Crippen molar-refractivity contribution in [2.75, 3.05) is 7.11 Å². The van der Waals surface area contributed by atoms with E-state index < -0.39 is 0 Å². The van der Waals surface area contributed by atoms with Gasteiger partial charge in [0, 0.05) is 13.3 Å². The smallest absolute Gasteiger partial charge is 0.264 e. The first-order chi connectivity index (χ1) is 8.29. The average molecular weight is 235 g/mol. The molecule has 0 unspecified atom stereocenters. The van der Waals surface area contributed by atoms with Gasteiger partial charge in [-0.2, -0.15) is 4.98 Å². The Morgan fingerprint density at radius 2 is 2.24 bits per heavy atom. The number of hydrogen-bond acceptors (Lipinski definition) is 6. The number of rotatable bonds is 5. The summed E-state index contributed by atoms with van der Waals surface area (Å²) in [5.41, 5.74) is 0.823. The van der Waals surface area contributed by atoms with E-state index in [-0.39, 0.29) is 6.61 Å². The van der Waals surface area contributed by atoms with Crippen LogP contribution in [0.25, 0.3) is 0 Å². The molecule has 17 heavy (non-hydrogen) atoms. The molecule has 0 N–H and O–H groups in total. The van der Waals surface area contributed by atoms with Crippen LogP contribution >= 0.6 is 0 Å². The Kier molecular flexibility index (Phi) is 3.66. The van der Waals surface area contributed by atoms with Gasteiger partial charge in [0.15, 0.2) is 12.4 Å². The van der Waals surface area contributed by atoms with E-state index in [2.05, 4.69) is 15.1 Å². The SMILES string of the molecule is COCc1noc(COc2cccnc2C)n1. The minimum Gasteiger partial charge on any atom is -0.482 e. The highest BCUT2D eigenvalue weighted by atomic mass is 16.5. The third kappa shape index (κ3) is 3.01. The summed E-state index contributed by atoms with van der Waals surface area (Å²) in [6, 6.07) is 3.65. The van der Waals surface area contributed by atoms with Crippen molar-refractivity contribution >= 4 is 0 Å². The van der Waals surface area contributed by atoms with Crippen molar-refractivity contribution in [3.8, 4) is 5.75 Å². The molecule has 0 radical (unpaired) electrons. The number of methoxy groups -OCH3 is 1. The van der Waals surface area contributed by atoms with Crippen LogP contribution in [0.2, 0.25) is 0 Å². The molecule has 0 saturated heterocycles. The summed E-state index contributed by atoms with van der Waals surface area (Å²) in [6.07, 6.45) is 1.71. The maximum absolute atomic E-state index is 5.51. The molecule has 0 fully saturated rings. The number of aryl methyl sites for hydroxylation is 1. The Labute approximate surface area is 98.6 Å². The summed E-state index contributed by atoms with van der Waals surface area (Å²) in [7, 11) is 1.57. The first kappa shape index (κ1) is 11.5. The van der Waals surface area contributed by atoms with Crippen LogP contribution in [0.1, 0.15) is 17.4 Å². The third-order valence-corrected chi connectivity index (χ3v) is 2.09. The molecule has 0 amide bonds. The largest absolute Gasteiger partial charge is 0.482 e. The number of hydrogen-bond donors (Lipinski definition) is 0. The lowest BCUT2D eigenvalue weighted by Crippen LogP contribution is -1.98. The lowest BCUT2D eigenvalue weighted by molar-refractivity contribution is 0.174. The van der Waals surface area contributed by atoms with Crippen molar-refractivity contribution in [2.45, 2.75) is 20.1 Å². The van der Waals surface area contributed by atoms with E-state index in [4.69, 9.17) is 14.0 Å². The van der Waals surface area contributed by atoms with Gasteiger partial charge in [-0.3, -0.25) is 4.98 Å². The zero-order valence-corrected chi connectivity index (χ0v) is 9.71. The van der Waals surface area contributed by atoms with Gasteiger partial charge in [0.05, 0.1) is 5.69 Å². The average Bonchev–Trinajstić information content (AvgIpc) is 2.76. The first-order valence-corrected chi connectivity index (χ1v) is 5.14. The zero-order chi connectivity index (χ0) is 12.1. The molecule has 0 saturated carbocycles. The zero-order valence-electron chi connectivity index (χ0n) is 9.71. The quantitative estimate of drug-likeness (QED) is 0.782. The lowest BCUT2D eigenvalue weighted by Gasteiger charge is -2.04. The van der Waals surface area contributed by atoms with Crippen LogP contribution in [-0.2, 0) is 18.0 Å². The van der Waals surface area contributed by atoms with Gasteiger partial charge in [-0.15, -0.1) is 0 Å². The highest BCUT2D eigenvalue weighted by molar-refractivity contribution is 5.25. The van der Waals surface area contributed by atoms with Crippen LogP contribution in [0, 0.1) is 6.92 Å². The van der Waals surface area contributed by atoms with Crippen LogP contribution in [0.15, 0.2) is 22.9 Å². The molecule has 0 aliphatic carbocycles. The molecule has 0 bridgehead atoms. The summed E-state index contributed by atoms with van der Waals surface area (Å²) in [5, 5.41) is 3.73. The standard InChI is InChI=1S/C11H13N3O3/c1-8-9(4-3-5-12-8)16-7-11-13-10(6-15-2)14-17-11/h3-5H,6-7H2,1-2H3. The van der Waals surface area contributed by atoms with Gasteiger partial charge in [0.2, 0.25) is 0 Å². The minimum absolute atomic E-state index is 0.225. The summed E-state index contributed by atoms with van der Waals surface area (Å²) in [4.78, 5) is 8.21. The second kappa shape index (κ2) is 5.40. The number of ether oxygens (including phenoxy) is 2.